The Morgan fingerprint density at radius 1 is 0.911 bits per heavy atom. The fraction of sp³-hybridized carbons (Fsp3) is 0.306. The lowest BCUT2D eigenvalue weighted by Crippen LogP contribution is -2.38. The molecule has 1 aliphatic heterocycles. The Morgan fingerprint density at radius 2 is 1.58 bits per heavy atom. The predicted octanol–water partition coefficient (Wildman–Crippen LogP) is 5.91. The molecule has 0 spiro atoms. The molecule has 1 aliphatic rings. The zero-order valence-electron chi connectivity index (χ0n) is 25.5. The molecule has 1 amide bonds. The number of fused-ring (bicyclic) bond motifs is 2. The quantitative estimate of drug-likeness (QED) is 0.171. The molecule has 9 nitrogen and oxygen atoms in total. The van der Waals surface area contributed by atoms with Gasteiger partial charge in [0.2, 0.25) is 5.91 Å². The Hall–Kier alpha value is -4.89. The molecule has 7 rings (SSSR count). The van der Waals surface area contributed by atoms with Crippen LogP contribution in [0.1, 0.15) is 47.2 Å². The van der Waals surface area contributed by atoms with E-state index in [0.29, 0.717) is 32.6 Å². The van der Waals surface area contributed by atoms with Crippen LogP contribution < -0.4 is 10.1 Å². The van der Waals surface area contributed by atoms with Crippen LogP contribution in [-0.2, 0) is 35.3 Å². The van der Waals surface area contributed by atoms with Gasteiger partial charge in [0, 0.05) is 66.2 Å². The van der Waals surface area contributed by atoms with Gasteiger partial charge in [0.1, 0.15) is 11.6 Å². The standard InChI is InChI=1S/C36H38N6O3/c1-44-28-13-10-24(11-14-28)23-42-34(15-12-26-21-37-31-8-4-2-6-29(26)31)40-41-35(42)33(39-36(43)25-16-18-45-19-17-25)20-27-22-38-32-9-5-3-7-30(27)32/h2-11,13-14,21-22,25,33,37-38H,12,15-20,23H2,1H3,(H,39,43)/t33-/m1/s1. The summed E-state index contributed by atoms with van der Waals surface area (Å²) in [5, 5.41) is 15.3. The monoisotopic (exact) mass is 602 g/mol. The van der Waals surface area contributed by atoms with Gasteiger partial charge in [0.05, 0.1) is 19.7 Å². The molecular weight excluding hydrogens is 564 g/mol. The second kappa shape index (κ2) is 13.0. The number of hydrogen-bond donors (Lipinski definition) is 3. The number of para-hydroxylation sites is 2. The zero-order chi connectivity index (χ0) is 30.6. The van der Waals surface area contributed by atoms with Gasteiger partial charge in [0.25, 0.3) is 0 Å². The van der Waals surface area contributed by atoms with E-state index in [4.69, 9.17) is 19.7 Å². The summed E-state index contributed by atoms with van der Waals surface area (Å²) in [5.41, 5.74) is 5.67. The molecule has 3 N–H and O–H groups in total. The van der Waals surface area contributed by atoms with Gasteiger partial charge in [0.15, 0.2) is 5.82 Å². The summed E-state index contributed by atoms with van der Waals surface area (Å²) >= 11 is 0. The van der Waals surface area contributed by atoms with E-state index < -0.39 is 0 Å². The minimum Gasteiger partial charge on any atom is -0.497 e. The van der Waals surface area contributed by atoms with Crippen molar-refractivity contribution in [3.63, 3.8) is 0 Å². The molecule has 6 aromatic rings. The van der Waals surface area contributed by atoms with E-state index in [2.05, 4.69) is 68.5 Å². The summed E-state index contributed by atoms with van der Waals surface area (Å²) in [6, 6.07) is 24.3. The number of H-pyrrole nitrogens is 2. The number of nitrogens with one attached hydrogen (secondary N) is 3. The number of nitrogens with zero attached hydrogens (tertiary/aromatic N) is 3. The first-order chi connectivity index (χ1) is 22.2. The summed E-state index contributed by atoms with van der Waals surface area (Å²) in [7, 11) is 1.67. The number of carbonyl (C=O) groups excluding carboxylic acids is 1. The second-order valence-corrected chi connectivity index (χ2v) is 11.8. The highest BCUT2D eigenvalue weighted by molar-refractivity contribution is 5.84. The first-order valence-electron chi connectivity index (χ1n) is 15.7. The summed E-state index contributed by atoms with van der Waals surface area (Å²) in [6.45, 7) is 1.79. The second-order valence-electron chi connectivity index (χ2n) is 11.8. The number of ether oxygens (including phenoxy) is 2. The molecule has 3 aromatic carbocycles. The fourth-order valence-electron chi connectivity index (χ4n) is 6.44. The summed E-state index contributed by atoms with van der Waals surface area (Å²) in [6.07, 6.45) is 7.68. The Labute approximate surface area is 262 Å². The third-order valence-corrected chi connectivity index (χ3v) is 8.97. The molecule has 3 aromatic heterocycles. The third-order valence-electron chi connectivity index (χ3n) is 8.97. The molecule has 0 saturated carbocycles. The van der Waals surface area contributed by atoms with Crippen LogP contribution >= 0.6 is 0 Å². The number of hydrogen-bond acceptors (Lipinski definition) is 5. The van der Waals surface area contributed by atoms with Crippen LogP contribution in [0.5, 0.6) is 5.75 Å². The number of aryl methyl sites for hydroxylation is 2. The van der Waals surface area contributed by atoms with Crippen molar-refractivity contribution < 1.29 is 14.3 Å². The van der Waals surface area contributed by atoms with Crippen LogP contribution in [0.2, 0.25) is 0 Å². The normalized spacial score (nSPS) is 14.6. The van der Waals surface area contributed by atoms with Crippen molar-refractivity contribution in [3.05, 3.63) is 114 Å². The number of carbonyl (C=O) groups is 1. The van der Waals surface area contributed by atoms with E-state index in [1.165, 1.54) is 10.9 Å². The minimum atomic E-state index is -0.368. The predicted molar refractivity (Wildman–Crippen MR) is 174 cm³/mol. The van der Waals surface area contributed by atoms with Gasteiger partial charge in [-0.1, -0.05) is 48.5 Å². The van der Waals surface area contributed by atoms with Crippen molar-refractivity contribution in [1.82, 2.24) is 30.0 Å². The van der Waals surface area contributed by atoms with E-state index in [-0.39, 0.29) is 17.9 Å². The lowest BCUT2D eigenvalue weighted by Gasteiger charge is -2.25. The number of aromatic nitrogens is 5. The third kappa shape index (κ3) is 6.21. The van der Waals surface area contributed by atoms with Crippen LogP contribution in [0.15, 0.2) is 85.2 Å². The number of amides is 1. The van der Waals surface area contributed by atoms with Gasteiger partial charge in [-0.2, -0.15) is 0 Å². The summed E-state index contributed by atoms with van der Waals surface area (Å²) in [5.74, 6) is 2.41. The van der Waals surface area contributed by atoms with E-state index in [1.807, 2.05) is 36.5 Å². The average Bonchev–Trinajstić information content (AvgIpc) is 3.81. The lowest BCUT2D eigenvalue weighted by molar-refractivity contribution is -0.128. The van der Waals surface area contributed by atoms with Crippen LogP contribution in [-0.4, -0.2) is 51.0 Å². The van der Waals surface area contributed by atoms with Crippen molar-refractivity contribution in [2.75, 3.05) is 20.3 Å². The molecule has 1 atom stereocenters. The van der Waals surface area contributed by atoms with E-state index in [1.54, 1.807) is 7.11 Å². The maximum absolute atomic E-state index is 13.7. The zero-order valence-corrected chi connectivity index (χ0v) is 25.5. The van der Waals surface area contributed by atoms with Gasteiger partial charge in [-0.3, -0.25) is 4.79 Å². The summed E-state index contributed by atoms with van der Waals surface area (Å²) in [4.78, 5) is 20.5. The average molecular weight is 603 g/mol. The van der Waals surface area contributed by atoms with Crippen molar-refractivity contribution in [2.45, 2.75) is 44.7 Å². The maximum atomic E-state index is 13.7. The number of rotatable bonds is 11. The Morgan fingerprint density at radius 3 is 2.29 bits per heavy atom. The van der Waals surface area contributed by atoms with E-state index >= 15 is 0 Å². The molecule has 230 valence electrons. The van der Waals surface area contributed by atoms with Crippen molar-refractivity contribution >= 4 is 27.7 Å². The summed E-state index contributed by atoms with van der Waals surface area (Å²) < 4.78 is 13.1. The smallest absolute Gasteiger partial charge is 0.223 e. The van der Waals surface area contributed by atoms with Crippen LogP contribution in [0, 0.1) is 5.92 Å². The maximum Gasteiger partial charge on any atom is 0.223 e. The van der Waals surface area contributed by atoms with Crippen molar-refractivity contribution in [2.24, 2.45) is 5.92 Å². The van der Waals surface area contributed by atoms with Crippen LogP contribution in [0.4, 0.5) is 0 Å². The van der Waals surface area contributed by atoms with Gasteiger partial charge < -0.3 is 29.3 Å². The Balaban J connectivity index is 1.25. The Bertz CT molecular complexity index is 1900. The molecule has 45 heavy (non-hydrogen) atoms. The van der Waals surface area contributed by atoms with Crippen molar-refractivity contribution in [1.29, 1.82) is 0 Å². The minimum absolute atomic E-state index is 0.0440. The van der Waals surface area contributed by atoms with Crippen LogP contribution in [0.25, 0.3) is 21.8 Å². The Kier molecular flexibility index (Phi) is 8.33. The highest BCUT2D eigenvalue weighted by Crippen LogP contribution is 2.27. The molecule has 1 saturated heterocycles. The first kappa shape index (κ1) is 28.9. The van der Waals surface area contributed by atoms with Gasteiger partial charge in [-0.15, -0.1) is 10.2 Å². The first-order valence-corrected chi connectivity index (χ1v) is 15.7. The number of aromatic amines is 2. The molecule has 0 unspecified atom stereocenters. The van der Waals surface area contributed by atoms with E-state index in [9.17, 15) is 4.79 Å². The molecule has 4 heterocycles. The highest BCUT2D eigenvalue weighted by atomic mass is 16.5. The highest BCUT2D eigenvalue weighted by Gasteiger charge is 2.29. The molecular formula is C36H38N6O3. The fourth-order valence-corrected chi connectivity index (χ4v) is 6.44. The topological polar surface area (TPSA) is 110 Å². The van der Waals surface area contributed by atoms with Gasteiger partial charge >= 0.3 is 0 Å². The van der Waals surface area contributed by atoms with Crippen LogP contribution in [0.3, 0.4) is 0 Å². The van der Waals surface area contributed by atoms with Crippen molar-refractivity contribution in [3.8, 4) is 5.75 Å². The molecule has 1 fully saturated rings. The number of methoxy groups -OCH3 is 1. The molecule has 0 radical (unpaired) electrons. The largest absolute Gasteiger partial charge is 0.497 e. The molecule has 0 aliphatic carbocycles. The number of benzene rings is 3. The molecule has 0 bridgehead atoms. The van der Waals surface area contributed by atoms with Gasteiger partial charge in [-0.05, 0) is 60.2 Å². The van der Waals surface area contributed by atoms with E-state index in [0.717, 1.165) is 64.2 Å². The SMILES string of the molecule is COc1ccc(Cn2c(CCc3c[nH]c4ccccc34)nnc2[C@@H](Cc2c[nH]c3ccccc23)NC(=O)C2CCOCC2)cc1. The van der Waals surface area contributed by atoms with Gasteiger partial charge in [-0.25, -0.2) is 0 Å². The lowest BCUT2D eigenvalue weighted by atomic mass is 9.97. The molecule has 9 heteroatoms.